The van der Waals surface area contributed by atoms with Gasteiger partial charge in [0.25, 0.3) is 0 Å². The Labute approximate surface area is 156 Å². The molecule has 0 unspecified atom stereocenters. The molecule has 0 radical (unpaired) electrons. The Kier molecular flexibility index (Phi) is 4.67. The molecule has 0 aliphatic rings. The molecule has 0 aliphatic heterocycles. The van der Waals surface area contributed by atoms with Crippen molar-refractivity contribution in [3.05, 3.63) is 84.9 Å². The van der Waals surface area contributed by atoms with E-state index in [0.717, 1.165) is 38.3 Å². The number of hydrogen-bond acceptors (Lipinski definition) is 4. The average molecular weight is 358 g/mol. The second-order valence-electron chi connectivity index (χ2n) is 5.78. The fourth-order valence-corrected chi connectivity index (χ4v) is 3.76. The summed E-state index contributed by atoms with van der Waals surface area (Å²) in [5, 5.41) is 4.29. The molecule has 0 saturated heterocycles. The summed E-state index contributed by atoms with van der Waals surface area (Å²) in [6, 6.07) is 28.5. The molecule has 0 saturated carbocycles. The minimum Gasteiger partial charge on any atom is -0.497 e. The first kappa shape index (κ1) is 16.4. The van der Waals surface area contributed by atoms with Crippen LogP contribution in [0.4, 0.5) is 10.8 Å². The van der Waals surface area contributed by atoms with Gasteiger partial charge >= 0.3 is 0 Å². The lowest BCUT2D eigenvalue weighted by molar-refractivity contribution is 0.415. The van der Waals surface area contributed by atoms with Crippen LogP contribution < -0.4 is 10.1 Å². The van der Waals surface area contributed by atoms with Crippen LogP contribution in [0.3, 0.4) is 0 Å². The number of anilines is 2. The van der Waals surface area contributed by atoms with Gasteiger partial charge in [0.05, 0.1) is 17.7 Å². The van der Waals surface area contributed by atoms with Crippen molar-refractivity contribution in [3.63, 3.8) is 0 Å². The molecule has 4 rings (SSSR count). The highest BCUT2D eigenvalue weighted by Gasteiger charge is 2.15. The maximum absolute atomic E-state index is 5.27. The lowest BCUT2D eigenvalue weighted by Gasteiger charge is -2.04. The van der Waals surface area contributed by atoms with E-state index in [1.54, 1.807) is 18.4 Å². The fourth-order valence-electron chi connectivity index (χ4n) is 2.75. The van der Waals surface area contributed by atoms with Crippen LogP contribution >= 0.6 is 11.3 Å². The van der Waals surface area contributed by atoms with E-state index >= 15 is 0 Å². The van der Waals surface area contributed by atoms with E-state index < -0.39 is 0 Å². The molecule has 0 spiro atoms. The molecular formula is C22H18N2OS. The minimum absolute atomic E-state index is 0.841. The third-order valence-electron chi connectivity index (χ3n) is 4.05. The van der Waals surface area contributed by atoms with Crippen molar-refractivity contribution >= 4 is 22.2 Å². The van der Waals surface area contributed by atoms with Crippen molar-refractivity contribution in [2.45, 2.75) is 0 Å². The normalized spacial score (nSPS) is 10.5. The van der Waals surface area contributed by atoms with Gasteiger partial charge in [0.1, 0.15) is 5.75 Å². The Hall–Kier alpha value is -3.11. The van der Waals surface area contributed by atoms with Crippen molar-refractivity contribution in [2.75, 3.05) is 12.4 Å². The number of para-hydroxylation sites is 1. The molecule has 0 amide bonds. The summed E-state index contributed by atoms with van der Waals surface area (Å²) in [5.41, 5.74) is 4.24. The molecule has 1 heterocycles. The summed E-state index contributed by atoms with van der Waals surface area (Å²) >= 11 is 1.66. The Morgan fingerprint density at radius 1 is 0.769 bits per heavy atom. The molecule has 3 nitrogen and oxygen atoms in total. The Morgan fingerprint density at radius 3 is 2.08 bits per heavy atom. The van der Waals surface area contributed by atoms with Gasteiger partial charge in [-0.15, -0.1) is 0 Å². The predicted molar refractivity (Wildman–Crippen MR) is 109 cm³/mol. The van der Waals surface area contributed by atoms with E-state index in [1.807, 2.05) is 60.7 Å². The standard InChI is InChI=1S/C22H18N2OS/c1-25-19-14-12-16(13-15-19)20-21(17-8-4-2-5-9-17)26-22(24-20)23-18-10-6-3-7-11-18/h2-15H,1H3,(H,23,24). The molecule has 128 valence electrons. The Bertz CT molecular complexity index is 980. The first-order valence-corrected chi connectivity index (χ1v) is 9.18. The molecular weight excluding hydrogens is 340 g/mol. The highest BCUT2D eigenvalue weighted by atomic mass is 32.1. The Morgan fingerprint density at radius 2 is 1.42 bits per heavy atom. The van der Waals surface area contributed by atoms with Crippen molar-refractivity contribution in [2.24, 2.45) is 0 Å². The number of nitrogens with zero attached hydrogens (tertiary/aromatic N) is 1. The summed E-state index contributed by atoms with van der Waals surface area (Å²) in [4.78, 5) is 6.02. The van der Waals surface area contributed by atoms with Crippen molar-refractivity contribution in [1.82, 2.24) is 4.98 Å². The van der Waals surface area contributed by atoms with E-state index in [4.69, 9.17) is 9.72 Å². The van der Waals surface area contributed by atoms with Crippen LogP contribution in [0.1, 0.15) is 0 Å². The molecule has 0 atom stereocenters. The van der Waals surface area contributed by atoms with E-state index in [-0.39, 0.29) is 0 Å². The molecule has 4 heteroatoms. The van der Waals surface area contributed by atoms with Crippen LogP contribution in [0.25, 0.3) is 21.7 Å². The third-order valence-corrected chi connectivity index (χ3v) is 5.07. The van der Waals surface area contributed by atoms with Crippen LogP contribution in [0, 0.1) is 0 Å². The highest BCUT2D eigenvalue weighted by molar-refractivity contribution is 7.19. The van der Waals surface area contributed by atoms with Crippen molar-refractivity contribution < 1.29 is 4.74 Å². The number of methoxy groups -OCH3 is 1. The van der Waals surface area contributed by atoms with Crippen LogP contribution in [-0.4, -0.2) is 12.1 Å². The van der Waals surface area contributed by atoms with Gasteiger partial charge in [-0.1, -0.05) is 59.9 Å². The van der Waals surface area contributed by atoms with Crippen molar-refractivity contribution in [3.8, 4) is 27.4 Å². The molecule has 3 aromatic carbocycles. The average Bonchev–Trinajstić information content (AvgIpc) is 3.13. The molecule has 0 fully saturated rings. The maximum Gasteiger partial charge on any atom is 0.188 e. The fraction of sp³-hybridized carbons (Fsp3) is 0.0455. The van der Waals surface area contributed by atoms with Crippen LogP contribution in [0.5, 0.6) is 5.75 Å². The molecule has 0 aliphatic carbocycles. The smallest absolute Gasteiger partial charge is 0.188 e. The van der Waals surface area contributed by atoms with Gasteiger partial charge in [-0.05, 0) is 42.0 Å². The van der Waals surface area contributed by atoms with E-state index in [1.165, 1.54) is 0 Å². The summed E-state index contributed by atoms with van der Waals surface area (Å²) in [6.07, 6.45) is 0. The number of hydrogen-bond donors (Lipinski definition) is 1. The van der Waals surface area contributed by atoms with Gasteiger partial charge in [-0.25, -0.2) is 4.98 Å². The van der Waals surface area contributed by atoms with Gasteiger partial charge in [0.2, 0.25) is 0 Å². The van der Waals surface area contributed by atoms with E-state index in [0.29, 0.717) is 0 Å². The highest BCUT2D eigenvalue weighted by Crippen LogP contribution is 2.40. The molecule has 1 aromatic heterocycles. The zero-order chi connectivity index (χ0) is 17.8. The predicted octanol–water partition coefficient (Wildman–Crippen LogP) is 6.23. The molecule has 1 N–H and O–H groups in total. The lowest BCUT2D eigenvalue weighted by Crippen LogP contribution is -1.89. The van der Waals surface area contributed by atoms with E-state index in [9.17, 15) is 0 Å². The number of nitrogens with one attached hydrogen (secondary N) is 1. The van der Waals surface area contributed by atoms with Crippen LogP contribution in [-0.2, 0) is 0 Å². The van der Waals surface area contributed by atoms with Gasteiger partial charge < -0.3 is 10.1 Å². The maximum atomic E-state index is 5.27. The first-order valence-electron chi connectivity index (χ1n) is 8.36. The number of benzene rings is 3. The van der Waals surface area contributed by atoms with Crippen LogP contribution in [0.2, 0.25) is 0 Å². The quantitative estimate of drug-likeness (QED) is 0.459. The third kappa shape index (κ3) is 3.46. The van der Waals surface area contributed by atoms with Gasteiger partial charge in [0.15, 0.2) is 5.13 Å². The van der Waals surface area contributed by atoms with Crippen molar-refractivity contribution in [1.29, 1.82) is 0 Å². The zero-order valence-electron chi connectivity index (χ0n) is 14.3. The van der Waals surface area contributed by atoms with Gasteiger partial charge in [-0.2, -0.15) is 0 Å². The largest absolute Gasteiger partial charge is 0.497 e. The molecule has 0 bridgehead atoms. The first-order chi connectivity index (χ1) is 12.8. The molecule has 4 aromatic rings. The number of aromatic nitrogens is 1. The van der Waals surface area contributed by atoms with Gasteiger partial charge in [-0.3, -0.25) is 0 Å². The van der Waals surface area contributed by atoms with Crippen LogP contribution in [0.15, 0.2) is 84.9 Å². The summed E-state index contributed by atoms with van der Waals surface area (Å²) in [6.45, 7) is 0. The second kappa shape index (κ2) is 7.42. The number of thiazole rings is 1. The van der Waals surface area contributed by atoms with Gasteiger partial charge in [0, 0.05) is 11.3 Å². The monoisotopic (exact) mass is 358 g/mol. The summed E-state index contributed by atoms with van der Waals surface area (Å²) in [5.74, 6) is 0.841. The summed E-state index contributed by atoms with van der Waals surface area (Å²) in [7, 11) is 1.68. The Balaban J connectivity index is 1.77. The zero-order valence-corrected chi connectivity index (χ0v) is 15.2. The molecule has 26 heavy (non-hydrogen) atoms. The second-order valence-corrected chi connectivity index (χ2v) is 6.78. The SMILES string of the molecule is COc1ccc(-c2nc(Nc3ccccc3)sc2-c2ccccc2)cc1. The minimum atomic E-state index is 0.841. The number of ether oxygens (including phenoxy) is 1. The number of rotatable bonds is 5. The summed E-state index contributed by atoms with van der Waals surface area (Å²) < 4.78 is 5.27. The van der Waals surface area contributed by atoms with E-state index in [2.05, 4.69) is 29.6 Å². The topological polar surface area (TPSA) is 34.1 Å². The lowest BCUT2D eigenvalue weighted by atomic mass is 10.1.